The minimum absolute atomic E-state index is 0.0361. The van der Waals surface area contributed by atoms with Gasteiger partial charge in [-0.15, -0.1) is 0 Å². The standard InChI is InChI=1S/C19H27BrN6O4S/c20-15-2-1-13(11-16(15)23-18(27)17-12-30-19(21)24-17)25-7-9-26(10-8-25)31(28,29)14-3-5-22-6-4-14/h1,11-12,14-15,22H,2-10H2,(H2,21,24)(H,23,27). The average molecular weight is 515 g/mol. The van der Waals surface area contributed by atoms with Crippen molar-refractivity contribution in [2.24, 2.45) is 0 Å². The molecule has 1 aliphatic carbocycles. The molecule has 4 N–H and O–H groups in total. The highest BCUT2D eigenvalue weighted by atomic mass is 79.9. The van der Waals surface area contributed by atoms with E-state index in [4.69, 9.17) is 10.2 Å². The number of sulfonamides is 1. The fraction of sp³-hybridized carbons (Fsp3) is 0.579. The molecular weight excluding hydrogens is 488 g/mol. The number of allylic oxidation sites excluding steroid dienone is 3. The number of piperazine rings is 1. The van der Waals surface area contributed by atoms with E-state index in [1.165, 1.54) is 6.26 Å². The van der Waals surface area contributed by atoms with Crippen LogP contribution >= 0.6 is 15.9 Å². The number of hydrogen-bond donors (Lipinski definition) is 3. The summed E-state index contributed by atoms with van der Waals surface area (Å²) in [6.45, 7) is 3.67. The predicted octanol–water partition coefficient (Wildman–Crippen LogP) is 0.621. The van der Waals surface area contributed by atoms with E-state index < -0.39 is 15.9 Å². The van der Waals surface area contributed by atoms with Gasteiger partial charge in [0, 0.05) is 37.6 Å². The number of oxazole rings is 1. The number of hydrogen-bond acceptors (Lipinski definition) is 8. The van der Waals surface area contributed by atoms with Gasteiger partial charge < -0.3 is 25.7 Å². The molecule has 2 fully saturated rings. The second-order valence-corrected chi connectivity index (χ2v) is 11.2. The molecule has 3 aliphatic rings. The molecule has 1 unspecified atom stereocenters. The van der Waals surface area contributed by atoms with Gasteiger partial charge in [-0.25, -0.2) is 8.42 Å². The predicted molar refractivity (Wildman–Crippen MR) is 120 cm³/mol. The van der Waals surface area contributed by atoms with Crippen molar-refractivity contribution in [2.75, 3.05) is 45.0 Å². The van der Waals surface area contributed by atoms with Crippen LogP contribution in [-0.2, 0) is 10.0 Å². The summed E-state index contributed by atoms with van der Waals surface area (Å²) in [7, 11) is -3.26. The summed E-state index contributed by atoms with van der Waals surface area (Å²) in [4.78, 5) is 18.4. The lowest BCUT2D eigenvalue weighted by Gasteiger charge is -2.39. The van der Waals surface area contributed by atoms with Crippen molar-refractivity contribution in [3.05, 3.63) is 35.5 Å². The summed E-state index contributed by atoms with van der Waals surface area (Å²) < 4.78 is 32.4. The van der Waals surface area contributed by atoms with E-state index in [1.807, 2.05) is 6.08 Å². The molecule has 2 aliphatic heterocycles. The Hall–Kier alpha value is -1.89. The maximum atomic E-state index is 13.0. The summed E-state index contributed by atoms with van der Waals surface area (Å²) >= 11 is 3.58. The van der Waals surface area contributed by atoms with Crippen LogP contribution in [0.4, 0.5) is 6.01 Å². The summed E-state index contributed by atoms with van der Waals surface area (Å²) in [5, 5.41) is 5.80. The quantitative estimate of drug-likeness (QED) is 0.486. The lowest BCUT2D eigenvalue weighted by molar-refractivity contribution is 0.0959. The number of aromatic nitrogens is 1. The van der Waals surface area contributed by atoms with Gasteiger partial charge in [-0.3, -0.25) is 4.79 Å². The van der Waals surface area contributed by atoms with Gasteiger partial charge in [0.05, 0.1) is 10.1 Å². The van der Waals surface area contributed by atoms with Gasteiger partial charge in [-0.05, 0) is 38.4 Å². The number of anilines is 1. The van der Waals surface area contributed by atoms with E-state index in [0.717, 1.165) is 18.8 Å². The minimum atomic E-state index is -3.26. The van der Waals surface area contributed by atoms with Crippen molar-refractivity contribution in [3.8, 4) is 0 Å². The van der Waals surface area contributed by atoms with Crippen LogP contribution in [0.3, 0.4) is 0 Å². The molecular formula is C19H27BrN6O4S. The normalized spacial score (nSPS) is 23.9. The highest BCUT2D eigenvalue weighted by molar-refractivity contribution is 9.09. The first kappa shape index (κ1) is 22.3. The number of alkyl halides is 1. The molecule has 2 saturated heterocycles. The minimum Gasteiger partial charge on any atom is -0.431 e. The summed E-state index contributed by atoms with van der Waals surface area (Å²) in [5.41, 5.74) is 7.25. The molecule has 0 bridgehead atoms. The second-order valence-electron chi connectivity index (χ2n) is 7.84. The van der Waals surface area contributed by atoms with Gasteiger partial charge in [-0.2, -0.15) is 9.29 Å². The highest BCUT2D eigenvalue weighted by Gasteiger charge is 2.35. The zero-order valence-corrected chi connectivity index (χ0v) is 19.5. The fourth-order valence-corrected chi connectivity index (χ4v) is 6.45. The first-order valence-corrected chi connectivity index (χ1v) is 12.8. The van der Waals surface area contributed by atoms with E-state index in [2.05, 4.69) is 42.5 Å². The molecule has 0 spiro atoms. The maximum absolute atomic E-state index is 13.0. The summed E-state index contributed by atoms with van der Waals surface area (Å²) in [6, 6.07) is -0.0592. The van der Waals surface area contributed by atoms with E-state index >= 15 is 0 Å². The van der Waals surface area contributed by atoms with Crippen molar-refractivity contribution in [1.82, 2.24) is 24.8 Å². The first-order chi connectivity index (χ1) is 14.8. The summed E-state index contributed by atoms with van der Waals surface area (Å²) in [6.07, 6.45) is 7.28. The molecule has 0 aromatic carbocycles. The molecule has 1 amide bonds. The van der Waals surface area contributed by atoms with Crippen LogP contribution in [0.5, 0.6) is 0 Å². The number of carbonyl (C=O) groups is 1. The van der Waals surface area contributed by atoms with Crippen LogP contribution in [0.25, 0.3) is 0 Å². The van der Waals surface area contributed by atoms with Crippen LogP contribution in [0, 0.1) is 0 Å². The number of rotatable bonds is 5. The third-order valence-corrected chi connectivity index (χ3v) is 9.12. The zero-order chi connectivity index (χ0) is 22.0. The van der Waals surface area contributed by atoms with Gasteiger partial charge >= 0.3 is 0 Å². The van der Waals surface area contributed by atoms with Crippen molar-refractivity contribution >= 4 is 37.9 Å². The van der Waals surface area contributed by atoms with Crippen molar-refractivity contribution < 1.29 is 17.6 Å². The van der Waals surface area contributed by atoms with E-state index in [9.17, 15) is 13.2 Å². The smallest absolute Gasteiger partial charge is 0.292 e. The Morgan fingerprint density at radius 3 is 2.61 bits per heavy atom. The number of nitrogen functional groups attached to an aromatic ring is 1. The van der Waals surface area contributed by atoms with Crippen LogP contribution in [0.2, 0.25) is 0 Å². The molecule has 4 rings (SSSR count). The number of carbonyl (C=O) groups excluding carboxylic acids is 1. The van der Waals surface area contributed by atoms with E-state index in [0.29, 0.717) is 51.1 Å². The van der Waals surface area contributed by atoms with Gasteiger partial charge in [0.1, 0.15) is 6.26 Å². The number of piperidine rings is 1. The zero-order valence-electron chi connectivity index (χ0n) is 17.1. The third kappa shape index (κ3) is 4.97. The molecule has 1 aromatic rings. The average Bonchev–Trinajstić information content (AvgIpc) is 3.22. The molecule has 0 radical (unpaired) electrons. The van der Waals surface area contributed by atoms with Crippen LogP contribution in [0.15, 0.2) is 34.2 Å². The van der Waals surface area contributed by atoms with Crippen LogP contribution in [0.1, 0.15) is 29.8 Å². The van der Waals surface area contributed by atoms with Gasteiger partial charge in [0.15, 0.2) is 5.69 Å². The number of nitrogens with one attached hydrogen (secondary N) is 2. The van der Waals surface area contributed by atoms with Crippen molar-refractivity contribution in [2.45, 2.75) is 29.3 Å². The molecule has 3 heterocycles. The Morgan fingerprint density at radius 2 is 1.97 bits per heavy atom. The molecule has 12 heteroatoms. The molecule has 1 atom stereocenters. The fourth-order valence-electron chi connectivity index (χ4n) is 4.09. The Labute approximate surface area is 190 Å². The van der Waals surface area contributed by atoms with Gasteiger partial charge in [0.25, 0.3) is 11.9 Å². The highest BCUT2D eigenvalue weighted by Crippen LogP contribution is 2.27. The Bertz CT molecular complexity index is 977. The number of amides is 1. The largest absolute Gasteiger partial charge is 0.431 e. The lowest BCUT2D eigenvalue weighted by atomic mass is 10.1. The Balaban J connectivity index is 1.38. The second kappa shape index (κ2) is 9.31. The first-order valence-electron chi connectivity index (χ1n) is 10.4. The molecule has 31 heavy (non-hydrogen) atoms. The number of nitrogens with two attached hydrogens (primary N) is 1. The van der Waals surface area contributed by atoms with Crippen LogP contribution < -0.4 is 16.4 Å². The van der Waals surface area contributed by atoms with E-state index in [-0.39, 0.29) is 21.8 Å². The number of halogens is 1. The lowest BCUT2D eigenvalue weighted by Crippen LogP contribution is -2.52. The van der Waals surface area contributed by atoms with Gasteiger partial charge in [0.2, 0.25) is 10.0 Å². The molecule has 1 aromatic heterocycles. The Kier molecular flexibility index (Phi) is 6.70. The van der Waals surface area contributed by atoms with E-state index in [1.54, 1.807) is 4.31 Å². The van der Waals surface area contributed by atoms with Crippen molar-refractivity contribution in [1.29, 1.82) is 0 Å². The molecule has 0 saturated carbocycles. The maximum Gasteiger partial charge on any atom is 0.292 e. The molecule has 10 nitrogen and oxygen atoms in total. The Morgan fingerprint density at radius 1 is 1.26 bits per heavy atom. The van der Waals surface area contributed by atoms with Crippen LogP contribution in [-0.4, -0.2) is 77.9 Å². The topological polar surface area (TPSA) is 134 Å². The molecule has 170 valence electrons. The SMILES string of the molecule is Nc1nc(C(=O)NC2=CC(N3CCN(S(=O)(=O)C4CCNCC4)CC3)=CCC2Br)co1. The van der Waals surface area contributed by atoms with Crippen molar-refractivity contribution in [3.63, 3.8) is 0 Å². The van der Waals surface area contributed by atoms with Gasteiger partial charge in [-0.1, -0.05) is 22.0 Å². The monoisotopic (exact) mass is 514 g/mol. The number of nitrogens with zero attached hydrogens (tertiary/aromatic N) is 3. The summed E-state index contributed by atoms with van der Waals surface area (Å²) in [5.74, 6) is -0.393. The third-order valence-electron chi connectivity index (χ3n) is 5.86.